The molecule has 1 aromatic heterocycles. The van der Waals surface area contributed by atoms with Crippen LogP contribution < -0.4 is 10.1 Å². The van der Waals surface area contributed by atoms with Crippen LogP contribution in [0.3, 0.4) is 0 Å². The number of rotatable bonds is 8. The molecule has 0 aliphatic carbocycles. The standard InChI is InChI=1S/C20H23N3O2S/c1-3-13-23-18-7-5-4-6-17(18)21-20(23)22-19(24)12-14-26-16-10-8-15(25-2)9-11-16/h4-11H,3,12-14H2,1-2H3,(H,21,22,24). The third-order valence-corrected chi connectivity index (χ3v) is 5.02. The minimum absolute atomic E-state index is 0.0151. The number of hydrogen-bond donors (Lipinski definition) is 1. The minimum Gasteiger partial charge on any atom is -0.497 e. The van der Waals surface area contributed by atoms with E-state index in [1.54, 1.807) is 18.9 Å². The Morgan fingerprint density at radius 3 is 2.69 bits per heavy atom. The molecule has 0 atom stereocenters. The van der Waals surface area contributed by atoms with E-state index < -0.39 is 0 Å². The van der Waals surface area contributed by atoms with Crippen LogP contribution in [0.25, 0.3) is 11.0 Å². The highest BCUT2D eigenvalue weighted by Gasteiger charge is 2.12. The zero-order valence-corrected chi connectivity index (χ0v) is 15.9. The molecule has 0 spiro atoms. The molecule has 0 fully saturated rings. The lowest BCUT2D eigenvalue weighted by atomic mass is 10.3. The van der Waals surface area contributed by atoms with Gasteiger partial charge in [0.1, 0.15) is 5.75 Å². The quantitative estimate of drug-likeness (QED) is 0.591. The maximum atomic E-state index is 12.3. The molecule has 26 heavy (non-hydrogen) atoms. The number of aryl methyl sites for hydroxylation is 1. The molecule has 5 nitrogen and oxygen atoms in total. The fourth-order valence-electron chi connectivity index (χ4n) is 2.74. The van der Waals surface area contributed by atoms with Crippen molar-refractivity contribution in [2.75, 3.05) is 18.2 Å². The lowest BCUT2D eigenvalue weighted by Crippen LogP contribution is -2.16. The number of imidazole rings is 1. The van der Waals surface area contributed by atoms with Gasteiger partial charge in [-0.15, -0.1) is 11.8 Å². The van der Waals surface area contributed by atoms with Crippen LogP contribution in [-0.4, -0.2) is 28.3 Å². The lowest BCUT2D eigenvalue weighted by molar-refractivity contribution is -0.115. The predicted octanol–water partition coefficient (Wildman–Crippen LogP) is 4.58. The van der Waals surface area contributed by atoms with Crippen LogP contribution >= 0.6 is 11.8 Å². The molecule has 3 rings (SSSR count). The molecular weight excluding hydrogens is 346 g/mol. The number of fused-ring (bicyclic) bond motifs is 1. The van der Waals surface area contributed by atoms with Crippen LogP contribution in [0.2, 0.25) is 0 Å². The van der Waals surface area contributed by atoms with Gasteiger partial charge >= 0.3 is 0 Å². The number of benzene rings is 2. The van der Waals surface area contributed by atoms with Crippen molar-refractivity contribution in [1.29, 1.82) is 0 Å². The number of carbonyl (C=O) groups is 1. The molecular formula is C20H23N3O2S. The number of anilines is 1. The second-order valence-electron chi connectivity index (χ2n) is 5.90. The Kier molecular flexibility index (Phi) is 6.17. The van der Waals surface area contributed by atoms with Crippen LogP contribution in [-0.2, 0) is 11.3 Å². The van der Waals surface area contributed by atoms with E-state index in [0.29, 0.717) is 18.1 Å². The highest BCUT2D eigenvalue weighted by atomic mass is 32.2. The molecule has 0 aliphatic heterocycles. The Bertz CT molecular complexity index is 874. The molecule has 0 saturated heterocycles. The Balaban J connectivity index is 1.59. The van der Waals surface area contributed by atoms with Crippen molar-refractivity contribution in [3.8, 4) is 5.75 Å². The maximum Gasteiger partial charge on any atom is 0.227 e. The van der Waals surface area contributed by atoms with Gasteiger partial charge in [-0.3, -0.25) is 10.1 Å². The van der Waals surface area contributed by atoms with Crippen LogP contribution in [0.4, 0.5) is 5.95 Å². The Morgan fingerprint density at radius 2 is 1.96 bits per heavy atom. The molecule has 1 heterocycles. The summed E-state index contributed by atoms with van der Waals surface area (Å²) in [6, 6.07) is 15.8. The number of nitrogens with zero attached hydrogens (tertiary/aromatic N) is 2. The summed E-state index contributed by atoms with van der Waals surface area (Å²) in [4.78, 5) is 18.0. The number of nitrogens with one attached hydrogen (secondary N) is 1. The van der Waals surface area contributed by atoms with E-state index in [0.717, 1.165) is 34.6 Å². The van der Waals surface area contributed by atoms with Crippen molar-refractivity contribution in [2.24, 2.45) is 0 Å². The van der Waals surface area contributed by atoms with Crippen molar-refractivity contribution < 1.29 is 9.53 Å². The van der Waals surface area contributed by atoms with Crippen molar-refractivity contribution in [2.45, 2.75) is 31.2 Å². The van der Waals surface area contributed by atoms with Crippen LogP contribution in [0.15, 0.2) is 53.4 Å². The molecule has 2 aromatic carbocycles. The van der Waals surface area contributed by atoms with Gasteiger partial charge in [0.05, 0.1) is 18.1 Å². The van der Waals surface area contributed by atoms with Gasteiger partial charge in [-0.05, 0) is 42.8 Å². The molecule has 0 radical (unpaired) electrons. The number of methoxy groups -OCH3 is 1. The van der Waals surface area contributed by atoms with E-state index in [9.17, 15) is 4.79 Å². The summed E-state index contributed by atoms with van der Waals surface area (Å²) in [7, 11) is 1.65. The molecule has 6 heteroatoms. The first kappa shape index (κ1) is 18.3. The Hall–Kier alpha value is -2.47. The van der Waals surface area contributed by atoms with Gasteiger partial charge < -0.3 is 9.30 Å². The van der Waals surface area contributed by atoms with Crippen molar-refractivity contribution >= 4 is 34.7 Å². The number of ether oxygens (including phenoxy) is 1. The second-order valence-corrected chi connectivity index (χ2v) is 7.07. The average Bonchev–Trinajstić information content (AvgIpc) is 3.00. The summed E-state index contributed by atoms with van der Waals surface area (Å²) in [5, 5.41) is 2.97. The van der Waals surface area contributed by atoms with E-state index in [1.165, 1.54) is 0 Å². The molecule has 0 unspecified atom stereocenters. The number of thioether (sulfide) groups is 1. The van der Waals surface area contributed by atoms with E-state index in [4.69, 9.17) is 4.74 Å². The summed E-state index contributed by atoms with van der Waals surface area (Å²) >= 11 is 1.65. The SMILES string of the molecule is CCCn1c(NC(=O)CCSc2ccc(OC)cc2)nc2ccccc21. The Labute approximate surface area is 157 Å². The van der Waals surface area contributed by atoms with Crippen LogP contribution in [0.5, 0.6) is 5.75 Å². The highest BCUT2D eigenvalue weighted by molar-refractivity contribution is 7.99. The molecule has 136 valence electrons. The van der Waals surface area contributed by atoms with E-state index in [-0.39, 0.29) is 5.91 Å². The Morgan fingerprint density at radius 1 is 1.19 bits per heavy atom. The summed E-state index contributed by atoms with van der Waals surface area (Å²) in [6.45, 7) is 2.95. The smallest absolute Gasteiger partial charge is 0.227 e. The van der Waals surface area contributed by atoms with Gasteiger partial charge in [-0.25, -0.2) is 4.98 Å². The predicted molar refractivity (Wildman–Crippen MR) is 107 cm³/mol. The zero-order valence-electron chi connectivity index (χ0n) is 15.1. The van der Waals surface area contributed by atoms with Gasteiger partial charge in [-0.1, -0.05) is 19.1 Å². The summed E-state index contributed by atoms with van der Waals surface area (Å²) in [6.07, 6.45) is 1.42. The number of aromatic nitrogens is 2. The molecule has 3 aromatic rings. The summed E-state index contributed by atoms with van der Waals surface area (Å²) in [5.41, 5.74) is 1.96. The number of carbonyl (C=O) groups excluding carboxylic acids is 1. The largest absolute Gasteiger partial charge is 0.497 e. The number of amides is 1. The second kappa shape index (κ2) is 8.76. The van der Waals surface area contributed by atoms with Gasteiger partial charge in [0.25, 0.3) is 0 Å². The normalized spacial score (nSPS) is 10.8. The van der Waals surface area contributed by atoms with Crippen molar-refractivity contribution in [3.63, 3.8) is 0 Å². The highest BCUT2D eigenvalue weighted by Crippen LogP contribution is 2.23. The van der Waals surface area contributed by atoms with Crippen LogP contribution in [0.1, 0.15) is 19.8 Å². The van der Waals surface area contributed by atoms with Gasteiger partial charge in [-0.2, -0.15) is 0 Å². The maximum absolute atomic E-state index is 12.3. The fourth-order valence-corrected chi connectivity index (χ4v) is 3.59. The monoisotopic (exact) mass is 369 g/mol. The topological polar surface area (TPSA) is 56.2 Å². The zero-order chi connectivity index (χ0) is 18.4. The number of para-hydroxylation sites is 2. The third kappa shape index (κ3) is 4.38. The lowest BCUT2D eigenvalue weighted by Gasteiger charge is -2.09. The van der Waals surface area contributed by atoms with E-state index >= 15 is 0 Å². The van der Waals surface area contributed by atoms with Crippen molar-refractivity contribution in [3.05, 3.63) is 48.5 Å². The fraction of sp³-hybridized carbons (Fsp3) is 0.300. The average molecular weight is 369 g/mol. The molecule has 1 N–H and O–H groups in total. The molecule has 0 saturated carbocycles. The van der Waals surface area contributed by atoms with Crippen LogP contribution in [0, 0.1) is 0 Å². The van der Waals surface area contributed by atoms with E-state index in [1.807, 2.05) is 48.5 Å². The molecule has 0 bridgehead atoms. The summed E-state index contributed by atoms with van der Waals surface area (Å²) in [5.74, 6) is 2.17. The molecule has 0 aliphatic rings. The van der Waals surface area contributed by atoms with Crippen molar-refractivity contribution in [1.82, 2.24) is 9.55 Å². The first-order valence-corrected chi connectivity index (χ1v) is 9.71. The first-order chi connectivity index (χ1) is 12.7. The third-order valence-electron chi connectivity index (χ3n) is 4.01. The number of hydrogen-bond acceptors (Lipinski definition) is 4. The van der Waals surface area contributed by atoms with Gasteiger partial charge in [0.2, 0.25) is 11.9 Å². The van der Waals surface area contributed by atoms with Gasteiger partial charge in [0.15, 0.2) is 0 Å². The molecule has 1 amide bonds. The minimum atomic E-state index is -0.0151. The first-order valence-electron chi connectivity index (χ1n) is 8.73. The van der Waals surface area contributed by atoms with Gasteiger partial charge in [0, 0.05) is 23.6 Å². The summed E-state index contributed by atoms with van der Waals surface area (Å²) < 4.78 is 7.22. The van der Waals surface area contributed by atoms with E-state index in [2.05, 4.69) is 21.8 Å².